The maximum absolute atomic E-state index is 12.3. The molecular weight excluding hydrogens is 272 g/mol. The van der Waals surface area contributed by atoms with Crippen molar-refractivity contribution < 1.29 is 4.79 Å². The van der Waals surface area contributed by atoms with Gasteiger partial charge in [0.15, 0.2) is 0 Å². The van der Waals surface area contributed by atoms with E-state index in [2.05, 4.69) is 36.6 Å². The first-order valence-corrected chi connectivity index (χ1v) is 7.88. The fourth-order valence-electron chi connectivity index (χ4n) is 2.57. The van der Waals surface area contributed by atoms with E-state index in [1.807, 2.05) is 43.3 Å². The second-order valence-corrected chi connectivity index (χ2v) is 5.39. The highest BCUT2D eigenvalue weighted by atomic mass is 16.2. The number of carbonyl (C=O) groups is 1. The fraction of sp³-hybridized carbons (Fsp3) is 0.316. The fourth-order valence-corrected chi connectivity index (χ4v) is 2.57. The summed E-state index contributed by atoms with van der Waals surface area (Å²) in [6.07, 6.45) is 1.80. The van der Waals surface area contributed by atoms with Gasteiger partial charge in [0.1, 0.15) is 0 Å². The van der Waals surface area contributed by atoms with Crippen LogP contribution >= 0.6 is 0 Å². The van der Waals surface area contributed by atoms with Gasteiger partial charge in [0.25, 0.3) is 0 Å². The summed E-state index contributed by atoms with van der Waals surface area (Å²) in [5.41, 5.74) is 4.38. The predicted octanol–water partition coefficient (Wildman–Crippen LogP) is 4.69. The second-order valence-electron chi connectivity index (χ2n) is 5.39. The third-order valence-corrected chi connectivity index (χ3v) is 3.88. The van der Waals surface area contributed by atoms with Crippen LogP contribution in [0, 0.1) is 0 Å². The van der Waals surface area contributed by atoms with E-state index in [1.54, 1.807) is 0 Å². The van der Waals surface area contributed by atoms with Crippen molar-refractivity contribution in [3.63, 3.8) is 0 Å². The average Bonchev–Trinajstić information content (AvgIpc) is 2.55. The van der Waals surface area contributed by atoms with Gasteiger partial charge in [-0.05, 0) is 36.5 Å². The molecule has 0 bridgehead atoms. The first kappa shape index (κ1) is 16.1. The average molecular weight is 296 g/mol. The third-order valence-electron chi connectivity index (χ3n) is 3.88. The van der Waals surface area contributed by atoms with Gasteiger partial charge in [0, 0.05) is 5.69 Å². The van der Waals surface area contributed by atoms with Gasteiger partial charge in [-0.15, -0.1) is 0 Å². The van der Waals surface area contributed by atoms with Crippen LogP contribution in [-0.4, -0.2) is 6.03 Å². The molecule has 22 heavy (non-hydrogen) atoms. The van der Waals surface area contributed by atoms with Crippen LogP contribution in [0.1, 0.15) is 43.5 Å². The van der Waals surface area contributed by atoms with Crippen molar-refractivity contribution in [1.82, 2.24) is 5.32 Å². The predicted molar refractivity (Wildman–Crippen MR) is 92.2 cm³/mol. The summed E-state index contributed by atoms with van der Waals surface area (Å²) >= 11 is 0. The minimum atomic E-state index is -0.160. The van der Waals surface area contributed by atoms with Gasteiger partial charge >= 0.3 is 6.03 Å². The number of amides is 2. The van der Waals surface area contributed by atoms with Crippen LogP contribution in [0.4, 0.5) is 10.5 Å². The highest BCUT2D eigenvalue weighted by Gasteiger charge is 2.12. The molecule has 2 aromatic rings. The van der Waals surface area contributed by atoms with E-state index in [-0.39, 0.29) is 12.1 Å². The zero-order valence-electron chi connectivity index (χ0n) is 13.5. The number of aryl methyl sites for hydroxylation is 2. The van der Waals surface area contributed by atoms with E-state index in [4.69, 9.17) is 0 Å². The minimum absolute atomic E-state index is 0.0277. The normalized spacial score (nSPS) is 11.8. The third kappa shape index (κ3) is 3.88. The molecule has 0 heterocycles. The Kier molecular flexibility index (Phi) is 5.59. The van der Waals surface area contributed by atoms with E-state index < -0.39 is 0 Å². The molecule has 2 aromatic carbocycles. The van der Waals surface area contributed by atoms with Crippen LogP contribution in [0.3, 0.4) is 0 Å². The Morgan fingerprint density at radius 2 is 1.55 bits per heavy atom. The zero-order valence-corrected chi connectivity index (χ0v) is 13.5. The Labute approximate surface area is 132 Å². The minimum Gasteiger partial charge on any atom is -0.331 e. The number of hydrogen-bond donors (Lipinski definition) is 2. The lowest BCUT2D eigenvalue weighted by atomic mass is 10.0. The summed E-state index contributed by atoms with van der Waals surface area (Å²) < 4.78 is 0. The van der Waals surface area contributed by atoms with Crippen LogP contribution in [0.5, 0.6) is 0 Å². The van der Waals surface area contributed by atoms with E-state index in [0.29, 0.717) is 0 Å². The number of para-hydroxylation sites is 1. The number of hydrogen-bond acceptors (Lipinski definition) is 1. The molecule has 0 aliphatic carbocycles. The summed E-state index contributed by atoms with van der Waals surface area (Å²) in [7, 11) is 0. The van der Waals surface area contributed by atoms with Crippen LogP contribution in [-0.2, 0) is 12.8 Å². The van der Waals surface area contributed by atoms with Crippen molar-refractivity contribution in [1.29, 1.82) is 0 Å². The summed E-state index contributed by atoms with van der Waals surface area (Å²) in [5, 5.41) is 6.03. The number of rotatable bonds is 5. The molecule has 0 radical (unpaired) electrons. The zero-order chi connectivity index (χ0) is 15.9. The van der Waals surface area contributed by atoms with E-state index >= 15 is 0 Å². The van der Waals surface area contributed by atoms with Crippen LogP contribution in [0.15, 0.2) is 48.5 Å². The molecule has 2 amide bonds. The molecule has 116 valence electrons. The van der Waals surface area contributed by atoms with Gasteiger partial charge < -0.3 is 10.6 Å². The van der Waals surface area contributed by atoms with Crippen LogP contribution in [0.25, 0.3) is 0 Å². The summed E-state index contributed by atoms with van der Waals surface area (Å²) in [6, 6.07) is 16.0. The number of nitrogens with one attached hydrogen (secondary N) is 2. The maximum Gasteiger partial charge on any atom is 0.319 e. The van der Waals surface area contributed by atoms with Gasteiger partial charge in [-0.2, -0.15) is 0 Å². The van der Waals surface area contributed by atoms with Crippen LogP contribution < -0.4 is 10.6 Å². The highest BCUT2D eigenvalue weighted by Crippen LogP contribution is 2.22. The topological polar surface area (TPSA) is 41.1 Å². The first-order valence-electron chi connectivity index (χ1n) is 7.88. The maximum atomic E-state index is 12.3. The smallest absolute Gasteiger partial charge is 0.319 e. The first-order chi connectivity index (χ1) is 10.7. The summed E-state index contributed by atoms with van der Waals surface area (Å²) in [5.74, 6) is 0. The Morgan fingerprint density at radius 1 is 0.955 bits per heavy atom. The quantitative estimate of drug-likeness (QED) is 0.825. The number of benzene rings is 2. The molecule has 0 spiro atoms. The van der Waals surface area contributed by atoms with Gasteiger partial charge in [-0.3, -0.25) is 0 Å². The number of carbonyl (C=O) groups excluding carboxylic acids is 1. The molecule has 0 saturated heterocycles. The van der Waals surface area contributed by atoms with Gasteiger partial charge in [-0.25, -0.2) is 4.79 Å². The SMILES string of the molecule is CCc1cccc(CC)c1NC(=O)N[C@@H](C)c1ccccc1. The largest absolute Gasteiger partial charge is 0.331 e. The Morgan fingerprint density at radius 3 is 2.09 bits per heavy atom. The Bertz CT molecular complexity index is 600. The Hall–Kier alpha value is -2.29. The number of urea groups is 1. The van der Waals surface area contributed by atoms with Crippen molar-refractivity contribution in [3.8, 4) is 0 Å². The highest BCUT2D eigenvalue weighted by molar-refractivity contribution is 5.91. The van der Waals surface area contributed by atoms with Gasteiger partial charge in [-0.1, -0.05) is 62.4 Å². The molecule has 2 rings (SSSR count). The molecule has 0 fully saturated rings. The molecule has 3 heteroatoms. The monoisotopic (exact) mass is 296 g/mol. The van der Waals surface area contributed by atoms with E-state index in [0.717, 1.165) is 24.1 Å². The standard InChI is InChI=1S/C19H24N2O/c1-4-15-12-9-13-16(5-2)18(15)21-19(22)20-14(3)17-10-7-6-8-11-17/h6-14H,4-5H2,1-3H3,(H2,20,21,22)/t14-/m0/s1. The second kappa shape index (κ2) is 7.64. The lowest BCUT2D eigenvalue weighted by molar-refractivity contribution is 0.249. The van der Waals surface area contributed by atoms with Crippen molar-refractivity contribution in [2.75, 3.05) is 5.32 Å². The molecule has 2 N–H and O–H groups in total. The lowest BCUT2D eigenvalue weighted by Gasteiger charge is -2.18. The van der Waals surface area contributed by atoms with E-state index in [1.165, 1.54) is 11.1 Å². The summed E-state index contributed by atoms with van der Waals surface area (Å²) in [4.78, 5) is 12.3. The van der Waals surface area contributed by atoms with Crippen molar-refractivity contribution in [2.24, 2.45) is 0 Å². The molecule has 3 nitrogen and oxygen atoms in total. The molecule has 0 aliphatic heterocycles. The molecule has 0 saturated carbocycles. The van der Waals surface area contributed by atoms with Crippen LogP contribution in [0.2, 0.25) is 0 Å². The van der Waals surface area contributed by atoms with Gasteiger partial charge in [0.05, 0.1) is 6.04 Å². The Balaban J connectivity index is 2.09. The summed E-state index contributed by atoms with van der Waals surface area (Å²) in [6.45, 7) is 6.19. The van der Waals surface area contributed by atoms with Crippen molar-refractivity contribution in [3.05, 3.63) is 65.2 Å². The van der Waals surface area contributed by atoms with Crippen molar-refractivity contribution >= 4 is 11.7 Å². The molecule has 0 unspecified atom stereocenters. The molecule has 0 aromatic heterocycles. The number of anilines is 1. The molecular formula is C19H24N2O. The van der Waals surface area contributed by atoms with Gasteiger partial charge in [0.2, 0.25) is 0 Å². The lowest BCUT2D eigenvalue weighted by Crippen LogP contribution is -2.31. The molecule has 0 aliphatic rings. The molecule has 1 atom stereocenters. The van der Waals surface area contributed by atoms with E-state index in [9.17, 15) is 4.79 Å². The van der Waals surface area contributed by atoms with Crippen molar-refractivity contribution in [2.45, 2.75) is 39.7 Å².